The molecule has 740 valence electrons. The van der Waals surface area contributed by atoms with Crippen LogP contribution in [0.1, 0.15) is 488 Å². The highest BCUT2D eigenvalue weighted by Gasteiger charge is 2.13. The Morgan fingerprint density at radius 3 is 0.434 bits per heavy atom. The second-order valence-electron chi connectivity index (χ2n) is 35.8. The van der Waals surface area contributed by atoms with Crippen LogP contribution in [0.4, 0.5) is 0 Å². The van der Waals surface area contributed by atoms with Gasteiger partial charge < -0.3 is 66.3 Å². The first-order valence-corrected chi connectivity index (χ1v) is 54.4. The van der Waals surface area contributed by atoms with Gasteiger partial charge in [-0.15, -0.1) is 0 Å². The summed E-state index contributed by atoms with van der Waals surface area (Å²) < 4.78 is 80.1. The van der Waals surface area contributed by atoms with Crippen molar-refractivity contribution in [2.75, 3.05) is 185 Å². The van der Waals surface area contributed by atoms with Crippen molar-refractivity contribution in [2.24, 2.45) is 29.6 Å². The zero-order valence-electron chi connectivity index (χ0n) is 85.2. The highest BCUT2D eigenvalue weighted by molar-refractivity contribution is 4.64. The monoisotopic (exact) mass is 1750 g/mol. The van der Waals surface area contributed by atoms with Crippen LogP contribution in [-0.2, 0) is 66.3 Å². The average molecular weight is 1750 g/mol. The van der Waals surface area contributed by atoms with Crippen LogP contribution in [0.25, 0.3) is 0 Å². The van der Waals surface area contributed by atoms with Crippen molar-refractivity contribution >= 4 is 0 Å². The lowest BCUT2D eigenvalue weighted by Crippen LogP contribution is -2.14. The van der Waals surface area contributed by atoms with Gasteiger partial charge in [-0.25, -0.2) is 0 Å². The van der Waals surface area contributed by atoms with E-state index >= 15 is 0 Å². The Morgan fingerprint density at radius 1 is 0.107 bits per heavy atom. The number of hydrogen-bond donors (Lipinski definition) is 0. The van der Waals surface area contributed by atoms with Crippen molar-refractivity contribution in [1.82, 2.24) is 0 Å². The summed E-state index contributed by atoms with van der Waals surface area (Å²) in [5, 5.41) is 0. The van der Waals surface area contributed by atoms with Gasteiger partial charge in [-0.05, 0) is 145 Å². The lowest BCUT2D eigenvalue weighted by Gasteiger charge is -2.17. The number of unbranched alkanes of at least 4 members (excludes halogenated alkanes) is 38. The van der Waals surface area contributed by atoms with Crippen LogP contribution in [0.3, 0.4) is 0 Å². The summed E-state index contributed by atoms with van der Waals surface area (Å²) in [5.41, 5.74) is 0. The minimum Gasteiger partial charge on any atom is -0.381 e. The molecule has 0 aliphatic heterocycles. The van der Waals surface area contributed by atoms with Gasteiger partial charge in [0, 0.05) is 106 Å². The predicted molar refractivity (Wildman–Crippen MR) is 529 cm³/mol. The topological polar surface area (TPSA) is 129 Å². The SMILES string of the molecule is CCCCCCC(CCCC)COCCCCCCOCC(CCCC)CCCCCC.CCCCCCCCCCCCOCCCCOCCOCCOCC(CC)CCCC.CCCCCCCCCCOCCCCOCCOCCOCC(CC)CCCC.CCCCCCCCOCCCCOCCOCCOCC(CC)CCCC. The van der Waals surface area contributed by atoms with Crippen LogP contribution in [0.15, 0.2) is 0 Å². The zero-order valence-corrected chi connectivity index (χ0v) is 85.2. The second-order valence-corrected chi connectivity index (χ2v) is 35.8. The van der Waals surface area contributed by atoms with Gasteiger partial charge in [0.15, 0.2) is 0 Å². The van der Waals surface area contributed by atoms with E-state index < -0.39 is 0 Å². The average Bonchev–Trinajstić information content (AvgIpc) is 1.01. The molecule has 0 fully saturated rings. The Bertz CT molecular complexity index is 1670. The Labute approximate surface area is 764 Å². The van der Waals surface area contributed by atoms with Crippen molar-refractivity contribution in [1.29, 1.82) is 0 Å². The fourth-order valence-electron chi connectivity index (χ4n) is 14.9. The third kappa shape index (κ3) is 117. The standard InChI is InChI=1S/C30H62O2.C28H58O4.C26H54O4.C24H50O4/c1-5-9-13-17-23-29(21-11-7-3)27-31-25-19-15-16-20-26-32-28-30(22-12-8-4)24-18-14-10-6-2;1-4-7-9-10-11-12-13-14-15-16-20-29-21-17-18-22-30-23-24-31-25-26-32-27-28(6-3)19-8-5-2;1-4-7-9-10-11-12-13-14-18-27-19-15-16-20-28-21-22-29-23-24-30-25-26(6-3)17-8-5-2;1-4-7-9-10-11-12-16-25-17-13-14-18-26-19-20-27-21-22-28-23-24(6-3)15-8-5-2/h29-30H,5-28H2,1-4H3;28H,4-27H2,1-3H3;26H,4-25H2,1-3H3;24H,4-23H2,1-3H3. The van der Waals surface area contributed by atoms with Gasteiger partial charge in [0.2, 0.25) is 0 Å². The van der Waals surface area contributed by atoms with Gasteiger partial charge in [-0.1, -0.05) is 373 Å². The Hall–Kier alpha value is -0.560. The van der Waals surface area contributed by atoms with Gasteiger partial charge in [0.05, 0.1) is 79.3 Å². The van der Waals surface area contributed by atoms with Gasteiger partial charge in [-0.3, -0.25) is 0 Å². The van der Waals surface area contributed by atoms with Gasteiger partial charge in [0.25, 0.3) is 0 Å². The minimum absolute atomic E-state index is 0.658. The summed E-state index contributed by atoms with van der Waals surface area (Å²) in [7, 11) is 0. The molecule has 0 rings (SSSR count). The molecule has 0 aromatic carbocycles. The van der Waals surface area contributed by atoms with Crippen molar-refractivity contribution in [2.45, 2.75) is 488 Å². The molecule has 0 heterocycles. The first kappa shape index (κ1) is 128. The molecule has 0 radical (unpaired) electrons. The maximum Gasteiger partial charge on any atom is 0.0701 e. The fraction of sp³-hybridized carbons (Fsp3) is 1.00. The maximum atomic E-state index is 6.07. The molecule has 0 saturated carbocycles. The third-order valence-corrected chi connectivity index (χ3v) is 23.7. The van der Waals surface area contributed by atoms with E-state index in [0.29, 0.717) is 97.0 Å². The lowest BCUT2D eigenvalue weighted by atomic mass is 9.96. The van der Waals surface area contributed by atoms with Gasteiger partial charge >= 0.3 is 0 Å². The molecule has 122 heavy (non-hydrogen) atoms. The number of ether oxygens (including phenoxy) is 14. The molecule has 14 heteroatoms. The Balaban J connectivity index is -0.000000762. The van der Waals surface area contributed by atoms with Crippen molar-refractivity contribution in [3.63, 3.8) is 0 Å². The first-order chi connectivity index (χ1) is 60.3. The largest absolute Gasteiger partial charge is 0.381 e. The molecule has 0 aromatic rings. The molecule has 0 spiro atoms. The van der Waals surface area contributed by atoms with Crippen LogP contribution in [0.5, 0.6) is 0 Å². The molecule has 5 atom stereocenters. The summed E-state index contributed by atoms with van der Waals surface area (Å²) >= 11 is 0. The van der Waals surface area contributed by atoms with Crippen LogP contribution in [0.2, 0.25) is 0 Å². The predicted octanol–water partition coefficient (Wildman–Crippen LogP) is 31.7. The normalized spacial score (nSPS) is 12.8. The summed E-state index contributed by atoms with van der Waals surface area (Å²) in [6.07, 6.45) is 81.1. The Kier molecular flexibility index (Phi) is 128. The van der Waals surface area contributed by atoms with Gasteiger partial charge in [0.1, 0.15) is 0 Å². The van der Waals surface area contributed by atoms with E-state index in [1.807, 2.05) is 0 Å². The molecule has 14 nitrogen and oxygen atoms in total. The lowest BCUT2D eigenvalue weighted by molar-refractivity contribution is 0.00494. The van der Waals surface area contributed by atoms with Crippen LogP contribution in [-0.4, -0.2) is 185 Å². The molecule has 0 bridgehead atoms. The third-order valence-electron chi connectivity index (χ3n) is 23.7. The Morgan fingerprint density at radius 2 is 0.230 bits per heavy atom. The minimum atomic E-state index is 0.658. The first-order valence-electron chi connectivity index (χ1n) is 54.4. The van der Waals surface area contributed by atoms with Crippen LogP contribution in [0, 0.1) is 29.6 Å². The highest BCUT2D eigenvalue weighted by atomic mass is 16.6. The van der Waals surface area contributed by atoms with Crippen LogP contribution < -0.4 is 0 Å². The molecular weight excluding hydrogens is 1520 g/mol. The van der Waals surface area contributed by atoms with E-state index in [1.165, 1.54) is 360 Å². The quantitative estimate of drug-likeness (QED) is 0.0536. The summed E-state index contributed by atoms with van der Waals surface area (Å²) in [6.45, 7) is 51.8. The molecular formula is C108H224O14. The number of rotatable bonds is 105. The van der Waals surface area contributed by atoms with E-state index in [0.717, 1.165) is 156 Å². The highest BCUT2D eigenvalue weighted by Crippen LogP contribution is 2.22. The van der Waals surface area contributed by atoms with E-state index in [9.17, 15) is 0 Å². The van der Waals surface area contributed by atoms with E-state index in [2.05, 4.69) is 90.0 Å². The smallest absolute Gasteiger partial charge is 0.0701 e. The summed E-state index contributed by atoms with van der Waals surface area (Å²) in [5.74, 6) is 3.71. The molecule has 0 aliphatic rings. The maximum absolute atomic E-state index is 6.07. The second kappa shape index (κ2) is 122. The van der Waals surface area contributed by atoms with Crippen molar-refractivity contribution in [3.8, 4) is 0 Å². The van der Waals surface area contributed by atoms with E-state index in [1.54, 1.807) is 0 Å². The van der Waals surface area contributed by atoms with E-state index in [4.69, 9.17) is 66.3 Å². The molecule has 0 aromatic heterocycles. The fourth-order valence-corrected chi connectivity index (χ4v) is 14.9. The number of hydrogen-bond acceptors (Lipinski definition) is 14. The molecule has 0 aliphatic carbocycles. The van der Waals surface area contributed by atoms with Crippen molar-refractivity contribution < 1.29 is 66.3 Å². The van der Waals surface area contributed by atoms with Crippen LogP contribution >= 0.6 is 0 Å². The molecule has 5 unspecified atom stereocenters. The van der Waals surface area contributed by atoms with E-state index in [-0.39, 0.29) is 0 Å². The summed E-state index contributed by atoms with van der Waals surface area (Å²) in [4.78, 5) is 0. The molecule has 0 amide bonds. The molecule has 0 saturated heterocycles. The zero-order chi connectivity index (χ0) is 89.4. The molecule has 0 N–H and O–H groups in total. The van der Waals surface area contributed by atoms with Crippen molar-refractivity contribution in [3.05, 3.63) is 0 Å². The van der Waals surface area contributed by atoms with Gasteiger partial charge in [-0.2, -0.15) is 0 Å². The summed E-state index contributed by atoms with van der Waals surface area (Å²) in [6, 6.07) is 0.